The second kappa shape index (κ2) is 8.20. The number of benzene rings is 1. The molecule has 0 saturated heterocycles. The maximum atomic E-state index is 11.6. The summed E-state index contributed by atoms with van der Waals surface area (Å²) in [5.41, 5.74) is 2.28. The van der Waals surface area contributed by atoms with Gasteiger partial charge < -0.3 is 23.0 Å². The number of carbonyl (C=O) groups is 2. The van der Waals surface area contributed by atoms with E-state index in [1.807, 2.05) is 6.07 Å². The van der Waals surface area contributed by atoms with Crippen molar-refractivity contribution in [1.82, 2.24) is 0 Å². The van der Waals surface area contributed by atoms with Crippen molar-refractivity contribution in [1.29, 1.82) is 0 Å². The van der Waals surface area contributed by atoms with Crippen LogP contribution >= 0.6 is 11.6 Å². The zero-order valence-corrected chi connectivity index (χ0v) is 14.1. The van der Waals surface area contributed by atoms with Crippen LogP contribution in [-0.4, -0.2) is 11.7 Å². The number of rotatable bonds is 4. The maximum Gasteiger partial charge on any atom is 0.469 e. The Kier molecular flexibility index (Phi) is 6.91. The minimum atomic E-state index is -0.0882. The van der Waals surface area contributed by atoms with E-state index in [-0.39, 0.29) is 24.1 Å². The molecule has 4 nitrogen and oxygen atoms in total. The van der Waals surface area contributed by atoms with E-state index in [0.29, 0.717) is 29.5 Å². The van der Waals surface area contributed by atoms with Gasteiger partial charge in [0.25, 0.3) is 0 Å². The molecule has 1 amide bonds. The van der Waals surface area contributed by atoms with Crippen molar-refractivity contribution in [2.24, 2.45) is 5.92 Å². The number of amides is 1. The van der Waals surface area contributed by atoms with Gasteiger partial charge in [0.2, 0.25) is 10.7 Å². The Balaban J connectivity index is 0.00000242. The van der Waals surface area contributed by atoms with Gasteiger partial charge in [-0.2, -0.15) is 0 Å². The summed E-state index contributed by atoms with van der Waals surface area (Å²) in [5.74, 6) is 0.399. The van der Waals surface area contributed by atoms with Gasteiger partial charge in [0, 0.05) is 17.8 Å². The minimum absolute atomic E-state index is 0. The smallest absolute Gasteiger partial charge is 0.469 e. The quantitative estimate of drug-likeness (QED) is 0.803. The fourth-order valence-electron chi connectivity index (χ4n) is 2.31. The van der Waals surface area contributed by atoms with Gasteiger partial charge in [-0.15, -0.1) is 0 Å². The summed E-state index contributed by atoms with van der Waals surface area (Å²) >= 11 is 6.08. The third-order valence-electron chi connectivity index (χ3n) is 3.32. The van der Waals surface area contributed by atoms with Gasteiger partial charge in [-0.1, -0.05) is 25.4 Å². The van der Waals surface area contributed by atoms with Gasteiger partial charge in [-0.25, -0.2) is 0 Å². The standard InChI is InChI=1S/C16H19ClN2O2.ClH/c1-3-16(21)19-15-9-11(4-5-14(15)17)18-12-6-10(2)7-13(20)8-12;/h4-5,8-10,18H,3,6-7H2,1-2H3,(H,19,21);1H/q+1;/p-1. The van der Waals surface area contributed by atoms with Crippen molar-refractivity contribution >= 4 is 34.7 Å². The zero-order chi connectivity index (χ0) is 15.4. The van der Waals surface area contributed by atoms with Crippen molar-refractivity contribution < 1.29 is 22.0 Å². The molecule has 6 heteroatoms. The molecule has 1 aromatic carbocycles. The molecule has 0 heterocycles. The summed E-state index contributed by atoms with van der Waals surface area (Å²) < 4.78 is 0. The molecule has 1 atom stereocenters. The van der Waals surface area contributed by atoms with Crippen LogP contribution in [0.5, 0.6) is 0 Å². The highest BCUT2D eigenvalue weighted by molar-refractivity contribution is 6.33. The molecule has 1 radical (unpaired) electrons. The van der Waals surface area contributed by atoms with Gasteiger partial charge in [0.1, 0.15) is 0 Å². The predicted octanol–water partition coefficient (Wildman–Crippen LogP) is 0.987. The number of hydrogen-bond donors (Lipinski definition) is 2. The first kappa shape index (κ1) is 18.5. The number of hydrogen-bond acceptors (Lipinski definition) is 3. The number of nitrogens with one attached hydrogen (secondary N) is 2. The highest BCUT2D eigenvalue weighted by Crippen LogP contribution is 2.28. The lowest BCUT2D eigenvalue weighted by Crippen LogP contribution is -3.00. The Bertz CT molecular complexity index is 600. The molecule has 119 valence electrons. The molecule has 0 fully saturated rings. The van der Waals surface area contributed by atoms with Crippen molar-refractivity contribution in [3.05, 3.63) is 35.0 Å². The van der Waals surface area contributed by atoms with Crippen molar-refractivity contribution in [2.75, 3.05) is 10.6 Å². The number of allylic oxidation sites excluding steroid dienone is 2. The molecule has 0 saturated carbocycles. The fourth-order valence-corrected chi connectivity index (χ4v) is 2.48. The minimum Gasteiger partial charge on any atom is -1.00 e. The second-order valence-electron chi connectivity index (χ2n) is 5.37. The van der Waals surface area contributed by atoms with Gasteiger partial charge >= 0.3 is 5.78 Å². The zero-order valence-electron chi connectivity index (χ0n) is 12.6. The summed E-state index contributed by atoms with van der Waals surface area (Å²) in [7, 11) is 0. The summed E-state index contributed by atoms with van der Waals surface area (Å²) in [6.07, 6.45) is 3.48. The average molecular weight is 342 g/mol. The topological polar surface area (TPSA) is 61.0 Å². The molecule has 2 N–H and O–H groups in total. The van der Waals surface area contributed by atoms with Crippen LogP contribution in [-0.2, 0) is 9.59 Å². The van der Waals surface area contributed by atoms with E-state index >= 15 is 0 Å². The Morgan fingerprint density at radius 3 is 2.77 bits per heavy atom. The molecule has 1 aliphatic rings. The first-order chi connectivity index (χ1) is 9.97. The first-order valence-corrected chi connectivity index (χ1v) is 7.45. The molecule has 0 spiro atoms. The molecule has 1 unspecified atom stereocenters. The van der Waals surface area contributed by atoms with E-state index in [2.05, 4.69) is 17.6 Å². The van der Waals surface area contributed by atoms with E-state index in [9.17, 15) is 9.59 Å². The van der Waals surface area contributed by atoms with E-state index in [0.717, 1.165) is 17.8 Å². The molecule has 0 bridgehead atoms. The maximum absolute atomic E-state index is 11.6. The van der Waals surface area contributed by atoms with Crippen LogP contribution in [0.2, 0.25) is 5.02 Å². The lowest BCUT2D eigenvalue weighted by atomic mass is 9.93. The molecule has 0 aliphatic heterocycles. The van der Waals surface area contributed by atoms with Crippen molar-refractivity contribution in [3.8, 4) is 0 Å². The molecule has 0 aromatic heterocycles. The summed E-state index contributed by atoms with van der Waals surface area (Å²) in [6.45, 7) is 3.84. The molecule has 22 heavy (non-hydrogen) atoms. The third kappa shape index (κ3) is 5.04. The van der Waals surface area contributed by atoms with Crippen molar-refractivity contribution in [3.63, 3.8) is 0 Å². The molecular weight excluding hydrogens is 323 g/mol. The van der Waals surface area contributed by atoms with E-state index in [1.165, 1.54) is 0 Å². The van der Waals surface area contributed by atoms with Gasteiger partial charge in [0.05, 0.1) is 23.2 Å². The van der Waals surface area contributed by atoms with Crippen LogP contribution in [0.4, 0.5) is 11.4 Å². The van der Waals surface area contributed by atoms with Crippen LogP contribution < -0.4 is 23.0 Å². The average Bonchev–Trinajstić information content (AvgIpc) is 2.41. The highest BCUT2D eigenvalue weighted by Gasteiger charge is 2.25. The highest BCUT2D eigenvalue weighted by atomic mass is 35.5. The Morgan fingerprint density at radius 1 is 1.41 bits per heavy atom. The van der Waals surface area contributed by atoms with Crippen LogP contribution in [0.25, 0.3) is 0 Å². The SMILES string of the molecule is CCC(=O)Nc1cc(NC2=CC(=[O+])CC(C)C2)ccc1Cl.[Cl-]. The second-order valence-corrected chi connectivity index (χ2v) is 5.78. The Labute approximate surface area is 141 Å². The molecule has 1 aromatic rings. The monoisotopic (exact) mass is 341 g/mol. The summed E-state index contributed by atoms with van der Waals surface area (Å²) in [4.78, 5) is 23.1. The first-order valence-electron chi connectivity index (χ1n) is 7.07. The summed E-state index contributed by atoms with van der Waals surface area (Å²) in [6, 6.07) is 5.33. The van der Waals surface area contributed by atoms with E-state index in [4.69, 9.17) is 11.6 Å². The van der Waals surface area contributed by atoms with Crippen LogP contribution in [0.15, 0.2) is 30.0 Å². The van der Waals surface area contributed by atoms with Gasteiger partial charge in [-0.05, 0) is 30.5 Å². The lowest BCUT2D eigenvalue weighted by Gasteiger charge is -2.17. The van der Waals surface area contributed by atoms with Crippen LogP contribution in [0.3, 0.4) is 0 Å². The van der Waals surface area contributed by atoms with Crippen molar-refractivity contribution in [2.45, 2.75) is 33.1 Å². The van der Waals surface area contributed by atoms with Crippen LogP contribution in [0, 0.1) is 5.92 Å². The Morgan fingerprint density at radius 2 is 2.14 bits per heavy atom. The number of carbonyl (C=O) groups excluding carboxylic acids is 2. The van der Waals surface area contributed by atoms with E-state index < -0.39 is 0 Å². The van der Waals surface area contributed by atoms with E-state index in [1.54, 1.807) is 25.1 Å². The summed E-state index contributed by atoms with van der Waals surface area (Å²) in [5, 5.41) is 6.48. The fraction of sp³-hybridized carbons (Fsp3) is 0.375. The van der Waals surface area contributed by atoms with Gasteiger partial charge in [-0.3, -0.25) is 4.79 Å². The molecule has 2 rings (SSSR count). The lowest BCUT2D eigenvalue weighted by molar-refractivity contribution is -0.116. The van der Waals surface area contributed by atoms with Crippen LogP contribution in [0.1, 0.15) is 33.1 Å². The largest absolute Gasteiger partial charge is 1.00 e. The van der Waals surface area contributed by atoms with Gasteiger partial charge in [0.15, 0.2) is 0 Å². The predicted molar refractivity (Wildman–Crippen MR) is 85.5 cm³/mol. The molecular formula is C16H19Cl2N2O2. The third-order valence-corrected chi connectivity index (χ3v) is 3.65. The molecule has 1 aliphatic carbocycles. The normalized spacial score (nSPS) is 17.3. The number of ketones is 1. The number of halogens is 2. The Hall–Kier alpha value is -1.52. The number of anilines is 2.